The van der Waals surface area contributed by atoms with E-state index in [2.05, 4.69) is 13.8 Å². The van der Waals surface area contributed by atoms with Crippen LogP contribution in [0.15, 0.2) is 0 Å². The maximum atomic E-state index is 12.4. The van der Waals surface area contributed by atoms with E-state index in [-0.39, 0.29) is 23.7 Å². The number of hydrogen-bond donors (Lipinski definition) is 1. The van der Waals surface area contributed by atoms with Crippen molar-refractivity contribution in [2.75, 3.05) is 13.1 Å². The van der Waals surface area contributed by atoms with Crippen molar-refractivity contribution < 1.29 is 4.79 Å². The summed E-state index contributed by atoms with van der Waals surface area (Å²) in [6.45, 7) is 6.26. The highest BCUT2D eigenvalue weighted by Crippen LogP contribution is 2.33. The molecule has 4 heteroatoms. The van der Waals surface area contributed by atoms with Gasteiger partial charge in [0, 0.05) is 13.1 Å². The normalized spacial score (nSPS) is 26.4. The molecule has 0 aromatic carbocycles. The summed E-state index contributed by atoms with van der Waals surface area (Å²) in [5.41, 5.74) is 5.96. The number of likely N-dealkylation sites (tertiary alicyclic amines) is 1. The van der Waals surface area contributed by atoms with Gasteiger partial charge in [-0.3, -0.25) is 4.79 Å². The van der Waals surface area contributed by atoms with Crippen LogP contribution in [0.3, 0.4) is 0 Å². The van der Waals surface area contributed by atoms with E-state index >= 15 is 0 Å². The second-order valence-electron chi connectivity index (χ2n) is 6.36. The molecule has 0 aromatic rings. The average Bonchev–Trinajstić information content (AvgIpc) is 2.64. The SMILES string of the molecule is CC1(C)CCCN(C(=O)C2(N)CCCC2)C1.Cl. The second-order valence-corrected chi connectivity index (χ2v) is 6.36. The summed E-state index contributed by atoms with van der Waals surface area (Å²) in [4.78, 5) is 14.4. The number of carbonyl (C=O) groups is 1. The van der Waals surface area contributed by atoms with Crippen LogP contribution in [0.4, 0.5) is 0 Å². The molecule has 1 heterocycles. The predicted molar refractivity (Wildman–Crippen MR) is 72.2 cm³/mol. The third kappa shape index (κ3) is 3.14. The monoisotopic (exact) mass is 260 g/mol. The Morgan fingerprint density at radius 2 is 1.71 bits per heavy atom. The molecule has 2 aliphatic rings. The zero-order valence-electron chi connectivity index (χ0n) is 11.0. The van der Waals surface area contributed by atoms with Gasteiger partial charge in [-0.25, -0.2) is 0 Å². The van der Waals surface area contributed by atoms with Gasteiger partial charge in [0.05, 0.1) is 5.54 Å². The van der Waals surface area contributed by atoms with E-state index in [0.717, 1.165) is 45.2 Å². The molecule has 0 atom stereocenters. The molecule has 1 saturated heterocycles. The third-order valence-electron chi connectivity index (χ3n) is 4.11. The largest absolute Gasteiger partial charge is 0.341 e. The minimum Gasteiger partial charge on any atom is -0.341 e. The number of hydrogen-bond acceptors (Lipinski definition) is 2. The van der Waals surface area contributed by atoms with Gasteiger partial charge >= 0.3 is 0 Å². The molecule has 1 aliphatic heterocycles. The minimum atomic E-state index is -0.534. The Bertz CT molecular complexity index is 285. The molecule has 0 spiro atoms. The van der Waals surface area contributed by atoms with E-state index in [9.17, 15) is 4.79 Å². The highest BCUT2D eigenvalue weighted by molar-refractivity contribution is 5.86. The molecule has 0 bridgehead atoms. The van der Waals surface area contributed by atoms with Crippen LogP contribution in [0.25, 0.3) is 0 Å². The molecule has 3 nitrogen and oxygen atoms in total. The predicted octanol–water partition coefficient (Wildman–Crippen LogP) is 2.33. The summed E-state index contributed by atoms with van der Waals surface area (Å²) in [7, 11) is 0. The average molecular weight is 261 g/mol. The quantitative estimate of drug-likeness (QED) is 0.787. The number of carbonyl (C=O) groups excluding carboxylic acids is 1. The Morgan fingerprint density at radius 1 is 1.12 bits per heavy atom. The van der Waals surface area contributed by atoms with Crippen LogP contribution in [0.1, 0.15) is 52.4 Å². The van der Waals surface area contributed by atoms with Crippen molar-refractivity contribution in [1.82, 2.24) is 4.90 Å². The van der Waals surface area contributed by atoms with Gasteiger partial charge in [-0.05, 0) is 31.1 Å². The molecule has 1 aliphatic carbocycles. The van der Waals surface area contributed by atoms with Gasteiger partial charge in [-0.2, -0.15) is 0 Å². The van der Waals surface area contributed by atoms with Crippen LogP contribution in [0.2, 0.25) is 0 Å². The molecule has 2 fully saturated rings. The first kappa shape index (κ1) is 14.8. The molecule has 0 unspecified atom stereocenters. The first-order valence-electron chi connectivity index (χ1n) is 6.51. The van der Waals surface area contributed by atoms with Gasteiger partial charge in [0.2, 0.25) is 5.91 Å². The zero-order chi connectivity index (χ0) is 11.8. The van der Waals surface area contributed by atoms with E-state index in [4.69, 9.17) is 5.73 Å². The summed E-state index contributed by atoms with van der Waals surface area (Å²) >= 11 is 0. The third-order valence-corrected chi connectivity index (χ3v) is 4.11. The zero-order valence-corrected chi connectivity index (χ0v) is 11.8. The van der Waals surface area contributed by atoms with Gasteiger partial charge in [0.1, 0.15) is 0 Å². The molecular weight excluding hydrogens is 236 g/mol. The smallest absolute Gasteiger partial charge is 0.242 e. The Kier molecular flexibility index (Phi) is 4.48. The van der Waals surface area contributed by atoms with Crippen molar-refractivity contribution in [3.05, 3.63) is 0 Å². The summed E-state index contributed by atoms with van der Waals surface area (Å²) in [6, 6.07) is 0. The Labute approximate surface area is 111 Å². The molecule has 0 aromatic heterocycles. The van der Waals surface area contributed by atoms with Gasteiger partial charge in [0.15, 0.2) is 0 Å². The van der Waals surface area contributed by atoms with E-state index in [1.54, 1.807) is 0 Å². The van der Waals surface area contributed by atoms with Gasteiger partial charge in [-0.1, -0.05) is 26.7 Å². The lowest BCUT2D eigenvalue weighted by atomic mass is 9.83. The highest BCUT2D eigenvalue weighted by atomic mass is 35.5. The van der Waals surface area contributed by atoms with Crippen molar-refractivity contribution in [3.8, 4) is 0 Å². The number of rotatable bonds is 1. The lowest BCUT2D eigenvalue weighted by Crippen LogP contribution is -2.56. The second kappa shape index (κ2) is 5.15. The van der Waals surface area contributed by atoms with E-state index in [0.29, 0.717) is 0 Å². The summed E-state index contributed by atoms with van der Waals surface area (Å²) in [6.07, 6.45) is 6.31. The first-order chi connectivity index (χ1) is 7.43. The molecule has 1 amide bonds. The van der Waals surface area contributed by atoms with Crippen LogP contribution in [-0.2, 0) is 4.79 Å². The van der Waals surface area contributed by atoms with Crippen molar-refractivity contribution in [2.24, 2.45) is 11.1 Å². The van der Waals surface area contributed by atoms with Crippen molar-refractivity contribution >= 4 is 18.3 Å². The van der Waals surface area contributed by atoms with Crippen molar-refractivity contribution in [2.45, 2.75) is 57.9 Å². The number of halogens is 1. The van der Waals surface area contributed by atoms with Crippen LogP contribution >= 0.6 is 12.4 Å². The molecule has 1 saturated carbocycles. The molecule has 2 N–H and O–H groups in total. The van der Waals surface area contributed by atoms with Crippen LogP contribution < -0.4 is 5.73 Å². The van der Waals surface area contributed by atoms with Crippen LogP contribution in [0, 0.1) is 5.41 Å². The number of piperidine rings is 1. The number of nitrogens with zero attached hydrogens (tertiary/aromatic N) is 1. The van der Waals surface area contributed by atoms with Crippen LogP contribution in [-0.4, -0.2) is 29.4 Å². The van der Waals surface area contributed by atoms with E-state index < -0.39 is 5.54 Å². The summed E-state index contributed by atoms with van der Waals surface area (Å²) in [5, 5.41) is 0. The van der Waals surface area contributed by atoms with Gasteiger partial charge in [0.25, 0.3) is 0 Å². The highest BCUT2D eigenvalue weighted by Gasteiger charge is 2.41. The molecular formula is C13H25ClN2O. The van der Waals surface area contributed by atoms with Crippen molar-refractivity contribution in [3.63, 3.8) is 0 Å². The van der Waals surface area contributed by atoms with Gasteiger partial charge in [-0.15, -0.1) is 12.4 Å². The standard InChI is InChI=1S/C13H24N2O.ClH/c1-12(2)6-5-9-15(10-12)11(16)13(14)7-3-4-8-13;/h3-10,14H2,1-2H3;1H. The molecule has 0 radical (unpaired) electrons. The fraction of sp³-hybridized carbons (Fsp3) is 0.923. The summed E-state index contributed by atoms with van der Waals surface area (Å²) < 4.78 is 0. The maximum absolute atomic E-state index is 12.4. The Morgan fingerprint density at radius 3 is 2.24 bits per heavy atom. The fourth-order valence-electron chi connectivity index (χ4n) is 3.13. The lowest BCUT2D eigenvalue weighted by Gasteiger charge is -2.41. The molecule has 100 valence electrons. The maximum Gasteiger partial charge on any atom is 0.242 e. The molecule has 2 rings (SSSR count). The number of amides is 1. The van der Waals surface area contributed by atoms with E-state index in [1.807, 2.05) is 4.90 Å². The Balaban J connectivity index is 0.00000144. The minimum absolute atomic E-state index is 0. The van der Waals surface area contributed by atoms with Crippen molar-refractivity contribution in [1.29, 1.82) is 0 Å². The van der Waals surface area contributed by atoms with Gasteiger partial charge < -0.3 is 10.6 Å². The fourth-order valence-corrected chi connectivity index (χ4v) is 3.13. The topological polar surface area (TPSA) is 46.3 Å². The van der Waals surface area contributed by atoms with E-state index in [1.165, 1.54) is 6.42 Å². The lowest BCUT2D eigenvalue weighted by molar-refractivity contribution is -0.139. The molecule has 17 heavy (non-hydrogen) atoms. The first-order valence-corrected chi connectivity index (χ1v) is 6.51. The Hall–Kier alpha value is -0.280. The van der Waals surface area contributed by atoms with Crippen LogP contribution in [0.5, 0.6) is 0 Å². The summed E-state index contributed by atoms with van der Waals surface area (Å²) in [5.74, 6) is 0.206. The number of nitrogens with two attached hydrogens (primary N) is 1.